The summed E-state index contributed by atoms with van der Waals surface area (Å²) < 4.78 is 26.3. The van der Waals surface area contributed by atoms with Crippen molar-refractivity contribution < 1.29 is 18.0 Å². The number of rotatable bonds is 8. The first-order valence-corrected chi connectivity index (χ1v) is 13.3. The van der Waals surface area contributed by atoms with Gasteiger partial charge in [0.25, 0.3) is 0 Å². The summed E-state index contributed by atoms with van der Waals surface area (Å²) >= 11 is 12.1. The lowest BCUT2D eigenvalue weighted by atomic mass is 10.1. The van der Waals surface area contributed by atoms with Gasteiger partial charge in [-0.25, -0.2) is 8.42 Å². The van der Waals surface area contributed by atoms with Crippen molar-refractivity contribution in [3.05, 3.63) is 63.6 Å². The molecule has 0 bridgehead atoms. The van der Waals surface area contributed by atoms with E-state index >= 15 is 0 Å². The van der Waals surface area contributed by atoms with Crippen molar-refractivity contribution in [2.75, 3.05) is 17.1 Å². The van der Waals surface area contributed by atoms with Gasteiger partial charge < -0.3 is 10.2 Å². The van der Waals surface area contributed by atoms with Gasteiger partial charge in [-0.2, -0.15) is 0 Å². The van der Waals surface area contributed by atoms with Crippen molar-refractivity contribution in [2.24, 2.45) is 0 Å². The molecule has 2 rings (SSSR count). The molecule has 0 aliphatic rings. The Labute approximate surface area is 212 Å². The lowest BCUT2D eigenvalue weighted by molar-refractivity contribution is -0.140. The number of carbonyl (C=O) groups is 2. The van der Waals surface area contributed by atoms with Crippen molar-refractivity contribution in [1.82, 2.24) is 10.2 Å². The molecule has 0 heterocycles. The van der Waals surface area contributed by atoms with E-state index in [1.165, 1.54) is 4.90 Å². The molecule has 186 valence electrons. The van der Waals surface area contributed by atoms with Crippen molar-refractivity contribution >= 4 is 50.7 Å². The maximum atomic E-state index is 13.5. The molecule has 2 amide bonds. The summed E-state index contributed by atoms with van der Waals surface area (Å²) in [6.07, 6.45) is 1.03. The summed E-state index contributed by atoms with van der Waals surface area (Å²) in [5, 5.41) is 3.82. The molecular weight excluding hydrogens is 497 g/mol. The predicted molar refractivity (Wildman–Crippen MR) is 138 cm³/mol. The average molecular weight is 529 g/mol. The molecule has 0 fully saturated rings. The fourth-order valence-electron chi connectivity index (χ4n) is 3.38. The van der Waals surface area contributed by atoms with Crippen molar-refractivity contribution in [2.45, 2.75) is 52.7 Å². The Balaban J connectivity index is 2.44. The molecule has 0 spiro atoms. The summed E-state index contributed by atoms with van der Waals surface area (Å²) in [7, 11) is -3.82. The van der Waals surface area contributed by atoms with Gasteiger partial charge in [0.2, 0.25) is 21.8 Å². The summed E-state index contributed by atoms with van der Waals surface area (Å²) in [6, 6.07) is 10.8. The van der Waals surface area contributed by atoms with E-state index in [0.717, 1.165) is 10.6 Å². The second-order valence-electron chi connectivity index (χ2n) is 9.27. The number of sulfonamides is 1. The first-order chi connectivity index (χ1) is 15.6. The van der Waals surface area contributed by atoms with Crippen molar-refractivity contribution in [3.63, 3.8) is 0 Å². The summed E-state index contributed by atoms with van der Waals surface area (Å²) in [4.78, 5) is 27.8. The second kappa shape index (κ2) is 11.0. The van der Waals surface area contributed by atoms with Crippen LogP contribution >= 0.6 is 23.2 Å². The second-order valence-corrected chi connectivity index (χ2v) is 12.0. The van der Waals surface area contributed by atoms with Gasteiger partial charge >= 0.3 is 0 Å². The standard InChI is InChI=1S/C24H31Cl2N3O4S/c1-16-12-20(26)10-11-21(16)29(34(6,32)33)15-22(30)28(14-18-8-7-9-19(25)13-18)17(2)23(31)27-24(3,4)5/h7-13,17H,14-15H2,1-6H3,(H,27,31)/t17-/m0/s1. The average Bonchev–Trinajstić information content (AvgIpc) is 2.68. The zero-order valence-corrected chi connectivity index (χ0v) is 22.6. The zero-order valence-electron chi connectivity index (χ0n) is 20.2. The topological polar surface area (TPSA) is 86.8 Å². The minimum Gasteiger partial charge on any atom is -0.350 e. The molecule has 2 aromatic rings. The zero-order chi connectivity index (χ0) is 25.8. The van der Waals surface area contributed by atoms with E-state index in [2.05, 4.69) is 5.32 Å². The highest BCUT2D eigenvalue weighted by molar-refractivity contribution is 7.92. The van der Waals surface area contributed by atoms with Gasteiger partial charge in [0.1, 0.15) is 12.6 Å². The van der Waals surface area contributed by atoms with E-state index in [-0.39, 0.29) is 12.5 Å². The van der Waals surface area contributed by atoms with E-state index in [9.17, 15) is 18.0 Å². The highest BCUT2D eigenvalue weighted by Gasteiger charge is 2.31. The number of aryl methyl sites for hydroxylation is 1. The molecule has 0 aliphatic heterocycles. The number of amides is 2. The molecule has 10 heteroatoms. The number of hydrogen-bond acceptors (Lipinski definition) is 4. The van der Waals surface area contributed by atoms with Gasteiger partial charge in [-0.05, 0) is 76.1 Å². The van der Waals surface area contributed by atoms with E-state index in [1.54, 1.807) is 56.3 Å². The minimum absolute atomic E-state index is 0.0787. The van der Waals surface area contributed by atoms with Crippen molar-refractivity contribution in [3.8, 4) is 0 Å². The van der Waals surface area contributed by atoms with Crippen LogP contribution in [0.25, 0.3) is 0 Å². The van der Waals surface area contributed by atoms with Crippen LogP contribution in [0.15, 0.2) is 42.5 Å². The number of benzene rings is 2. The number of nitrogens with one attached hydrogen (secondary N) is 1. The Morgan fingerprint density at radius 3 is 2.21 bits per heavy atom. The van der Waals surface area contributed by atoms with Crippen LogP contribution in [0.5, 0.6) is 0 Å². The van der Waals surface area contributed by atoms with E-state index in [1.807, 2.05) is 20.8 Å². The summed E-state index contributed by atoms with van der Waals surface area (Å²) in [5.41, 5.74) is 1.15. The summed E-state index contributed by atoms with van der Waals surface area (Å²) in [6.45, 7) is 8.46. The highest BCUT2D eigenvalue weighted by Crippen LogP contribution is 2.26. The molecule has 0 aromatic heterocycles. The number of halogens is 2. The number of anilines is 1. The molecule has 0 saturated carbocycles. The number of carbonyl (C=O) groups excluding carboxylic acids is 2. The molecule has 34 heavy (non-hydrogen) atoms. The Bertz CT molecular complexity index is 1160. The Morgan fingerprint density at radius 1 is 1.06 bits per heavy atom. The highest BCUT2D eigenvalue weighted by atomic mass is 35.5. The molecular formula is C24H31Cl2N3O4S. The number of hydrogen-bond donors (Lipinski definition) is 1. The van der Waals surface area contributed by atoms with Crippen LogP contribution in [-0.4, -0.2) is 49.5 Å². The van der Waals surface area contributed by atoms with Gasteiger partial charge in [0.05, 0.1) is 11.9 Å². The van der Waals surface area contributed by atoms with Crippen LogP contribution in [0.4, 0.5) is 5.69 Å². The quantitative estimate of drug-likeness (QED) is 0.551. The normalized spacial score (nSPS) is 12.7. The van der Waals surface area contributed by atoms with Gasteiger partial charge in [-0.3, -0.25) is 13.9 Å². The fraction of sp³-hybridized carbons (Fsp3) is 0.417. The number of nitrogens with zero attached hydrogens (tertiary/aromatic N) is 2. The van der Waals surface area contributed by atoms with Gasteiger partial charge in [0, 0.05) is 22.1 Å². The van der Waals surface area contributed by atoms with Crippen LogP contribution in [0, 0.1) is 6.92 Å². The van der Waals surface area contributed by atoms with Crippen LogP contribution in [0.1, 0.15) is 38.8 Å². The molecule has 0 saturated heterocycles. The van der Waals surface area contributed by atoms with Gasteiger partial charge in [-0.15, -0.1) is 0 Å². The van der Waals surface area contributed by atoms with Gasteiger partial charge in [0.15, 0.2) is 0 Å². The largest absolute Gasteiger partial charge is 0.350 e. The Kier molecular flexibility index (Phi) is 9.02. The molecule has 7 nitrogen and oxygen atoms in total. The predicted octanol–water partition coefficient (Wildman–Crippen LogP) is 4.40. The first kappa shape index (κ1) is 28.0. The first-order valence-electron chi connectivity index (χ1n) is 10.7. The Morgan fingerprint density at radius 2 is 1.68 bits per heavy atom. The maximum absolute atomic E-state index is 13.5. The van der Waals surface area contributed by atoms with Crippen molar-refractivity contribution in [1.29, 1.82) is 0 Å². The SMILES string of the molecule is Cc1cc(Cl)ccc1N(CC(=O)N(Cc1cccc(Cl)c1)[C@@H](C)C(=O)NC(C)(C)C)S(C)(=O)=O. The van der Waals surface area contributed by atoms with Crippen LogP contribution in [-0.2, 0) is 26.2 Å². The third kappa shape index (κ3) is 7.89. The molecule has 0 radical (unpaired) electrons. The van der Waals surface area contributed by atoms with Gasteiger partial charge in [-0.1, -0.05) is 35.3 Å². The fourth-order valence-corrected chi connectivity index (χ4v) is 4.73. The lowest BCUT2D eigenvalue weighted by Gasteiger charge is -2.33. The van der Waals surface area contributed by atoms with E-state index in [4.69, 9.17) is 23.2 Å². The smallest absolute Gasteiger partial charge is 0.244 e. The molecule has 2 aromatic carbocycles. The Hall–Kier alpha value is -2.29. The van der Waals surface area contributed by atoms with E-state index < -0.39 is 34.1 Å². The molecule has 0 aliphatic carbocycles. The molecule has 1 atom stereocenters. The van der Waals surface area contributed by atoms with Crippen LogP contribution in [0.3, 0.4) is 0 Å². The molecule has 1 N–H and O–H groups in total. The van der Waals surface area contributed by atoms with E-state index in [0.29, 0.717) is 26.9 Å². The third-order valence-electron chi connectivity index (χ3n) is 5.01. The van der Waals surface area contributed by atoms with Crippen LogP contribution < -0.4 is 9.62 Å². The summed E-state index contributed by atoms with van der Waals surface area (Å²) in [5.74, 6) is -0.882. The minimum atomic E-state index is -3.82. The monoisotopic (exact) mass is 527 g/mol. The molecule has 0 unspecified atom stereocenters. The van der Waals surface area contributed by atoms with Crippen LogP contribution in [0.2, 0.25) is 10.0 Å². The lowest BCUT2D eigenvalue weighted by Crippen LogP contribution is -2.54. The maximum Gasteiger partial charge on any atom is 0.244 e. The third-order valence-corrected chi connectivity index (χ3v) is 6.61.